The van der Waals surface area contributed by atoms with Gasteiger partial charge in [0.1, 0.15) is 5.75 Å². The van der Waals surface area contributed by atoms with Crippen molar-refractivity contribution in [2.75, 3.05) is 32.8 Å². The molecule has 1 heterocycles. The zero-order valence-electron chi connectivity index (χ0n) is 15.2. The molecule has 1 aliphatic heterocycles. The summed E-state index contributed by atoms with van der Waals surface area (Å²) in [6.07, 6.45) is -0.482. The number of nitrogens with zero attached hydrogens (tertiary/aromatic N) is 1. The van der Waals surface area contributed by atoms with Crippen molar-refractivity contribution < 1.29 is 9.84 Å². The number of benzene rings is 1. The summed E-state index contributed by atoms with van der Waals surface area (Å²) >= 11 is 0. The first-order valence-electron chi connectivity index (χ1n) is 8.74. The van der Waals surface area contributed by atoms with Gasteiger partial charge < -0.3 is 15.2 Å². The molecule has 4 nitrogen and oxygen atoms in total. The van der Waals surface area contributed by atoms with Gasteiger partial charge in [0, 0.05) is 32.2 Å². The summed E-state index contributed by atoms with van der Waals surface area (Å²) in [6.45, 7) is 15.3. The van der Waals surface area contributed by atoms with E-state index in [1.165, 1.54) is 0 Å². The Kier molecular flexibility index (Phi) is 6.06. The number of piperazine rings is 1. The van der Waals surface area contributed by atoms with Crippen molar-refractivity contribution in [1.82, 2.24) is 10.2 Å². The van der Waals surface area contributed by atoms with Crippen LogP contribution in [0.5, 0.6) is 5.75 Å². The van der Waals surface area contributed by atoms with Gasteiger partial charge in [-0.1, -0.05) is 26.8 Å². The number of aliphatic hydroxyl groups is 1. The van der Waals surface area contributed by atoms with Crippen LogP contribution in [0.2, 0.25) is 0 Å². The van der Waals surface area contributed by atoms with Crippen LogP contribution in [0.1, 0.15) is 51.8 Å². The maximum absolute atomic E-state index is 10.8. The Morgan fingerprint density at radius 1 is 1.26 bits per heavy atom. The molecule has 1 aliphatic rings. The third-order valence-corrected chi connectivity index (χ3v) is 4.64. The van der Waals surface area contributed by atoms with Crippen LogP contribution in [0.3, 0.4) is 0 Å². The van der Waals surface area contributed by atoms with Crippen molar-refractivity contribution >= 4 is 0 Å². The van der Waals surface area contributed by atoms with Crippen molar-refractivity contribution in [3.63, 3.8) is 0 Å². The van der Waals surface area contributed by atoms with Crippen LogP contribution in [0.15, 0.2) is 18.2 Å². The molecule has 2 atom stereocenters. The summed E-state index contributed by atoms with van der Waals surface area (Å²) in [5.41, 5.74) is 2.12. The number of hydrogen-bond donors (Lipinski definition) is 2. The molecule has 2 unspecified atom stereocenters. The number of rotatable bonds is 5. The maximum atomic E-state index is 10.8. The molecule has 23 heavy (non-hydrogen) atoms. The van der Waals surface area contributed by atoms with Gasteiger partial charge in [-0.3, -0.25) is 4.90 Å². The zero-order chi connectivity index (χ0) is 17.0. The largest absolute Gasteiger partial charge is 0.494 e. The topological polar surface area (TPSA) is 44.7 Å². The highest BCUT2D eigenvalue weighted by Crippen LogP contribution is 2.34. The molecular formula is C19H32N2O2. The molecule has 0 bridgehead atoms. The second kappa shape index (κ2) is 7.65. The van der Waals surface area contributed by atoms with E-state index in [0.717, 1.165) is 43.1 Å². The van der Waals surface area contributed by atoms with Crippen LogP contribution in [-0.4, -0.2) is 48.8 Å². The Balaban J connectivity index is 2.24. The van der Waals surface area contributed by atoms with Gasteiger partial charge in [0.15, 0.2) is 0 Å². The van der Waals surface area contributed by atoms with E-state index in [1.807, 2.05) is 19.1 Å². The summed E-state index contributed by atoms with van der Waals surface area (Å²) in [5.74, 6) is 0.922. The van der Waals surface area contributed by atoms with E-state index in [0.29, 0.717) is 6.61 Å². The van der Waals surface area contributed by atoms with E-state index in [1.54, 1.807) is 0 Å². The van der Waals surface area contributed by atoms with Crippen LogP contribution in [0.4, 0.5) is 0 Å². The van der Waals surface area contributed by atoms with Gasteiger partial charge >= 0.3 is 0 Å². The minimum atomic E-state index is -0.482. The van der Waals surface area contributed by atoms with Gasteiger partial charge in [0.25, 0.3) is 0 Å². The van der Waals surface area contributed by atoms with E-state index in [-0.39, 0.29) is 11.5 Å². The molecule has 2 N–H and O–H groups in total. The molecule has 1 fully saturated rings. The molecule has 1 saturated heterocycles. The van der Waals surface area contributed by atoms with Gasteiger partial charge in [0.05, 0.1) is 12.7 Å². The molecule has 0 aliphatic carbocycles. The molecule has 130 valence electrons. The maximum Gasteiger partial charge on any atom is 0.123 e. The number of hydrogen-bond acceptors (Lipinski definition) is 4. The molecule has 0 aromatic heterocycles. The predicted octanol–water partition coefficient (Wildman–Crippen LogP) is 2.71. The molecule has 1 aromatic carbocycles. The SMILES string of the molecule is CCOc1ccc(C(O)C(C)N2CCNCC2)cc1C(C)(C)C. The van der Waals surface area contributed by atoms with Crippen LogP contribution in [0, 0.1) is 0 Å². The molecule has 2 rings (SSSR count). The van der Waals surface area contributed by atoms with Crippen molar-refractivity contribution in [2.45, 2.75) is 52.2 Å². The van der Waals surface area contributed by atoms with Crippen molar-refractivity contribution in [2.24, 2.45) is 0 Å². The smallest absolute Gasteiger partial charge is 0.123 e. The highest BCUT2D eigenvalue weighted by Gasteiger charge is 2.26. The van der Waals surface area contributed by atoms with E-state index < -0.39 is 6.10 Å². The average molecular weight is 320 g/mol. The second-order valence-electron chi connectivity index (χ2n) is 7.41. The first kappa shape index (κ1) is 18.2. The monoisotopic (exact) mass is 320 g/mol. The highest BCUT2D eigenvalue weighted by atomic mass is 16.5. The molecule has 0 spiro atoms. The fourth-order valence-corrected chi connectivity index (χ4v) is 3.17. The Labute approximate surface area is 140 Å². The van der Waals surface area contributed by atoms with E-state index in [2.05, 4.69) is 44.0 Å². The molecule has 0 radical (unpaired) electrons. The van der Waals surface area contributed by atoms with Crippen LogP contribution in [-0.2, 0) is 5.41 Å². The standard InChI is InChI=1S/C19H32N2O2/c1-6-23-17-8-7-15(13-16(17)19(3,4)5)18(22)14(2)21-11-9-20-10-12-21/h7-8,13-14,18,20,22H,6,9-12H2,1-5H3. The third-order valence-electron chi connectivity index (χ3n) is 4.64. The Bertz CT molecular complexity index is 505. The molecule has 0 saturated carbocycles. The lowest BCUT2D eigenvalue weighted by atomic mass is 9.84. The minimum Gasteiger partial charge on any atom is -0.494 e. The fourth-order valence-electron chi connectivity index (χ4n) is 3.17. The minimum absolute atomic E-state index is 0.0154. The average Bonchev–Trinajstić information content (AvgIpc) is 2.54. The quantitative estimate of drug-likeness (QED) is 0.875. The van der Waals surface area contributed by atoms with Gasteiger partial charge in [-0.25, -0.2) is 0 Å². The van der Waals surface area contributed by atoms with Gasteiger partial charge in [0.2, 0.25) is 0 Å². The summed E-state index contributed by atoms with van der Waals surface area (Å²) in [5, 5.41) is 14.2. The molecule has 4 heteroatoms. The number of nitrogens with one attached hydrogen (secondary N) is 1. The van der Waals surface area contributed by atoms with Gasteiger partial charge in [-0.2, -0.15) is 0 Å². The van der Waals surface area contributed by atoms with Crippen LogP contribution < -0.4 is 10.1 Å². The lowest BCUT2D eigenvalue weighted by Crippen LogP contribution is -2.49. The Morgan fingerprint density at radius 3 is 2.48 bits per heavy atom. The van der Waals surface area contributed by atoms with Crippen LogP contribution in [0.25, 0.3) is 0 Å². The number of aliphatic hydroxyl groups excluding tert-OH is 1. The fraction of sp³-hybridized carbons (Fsp3) is 0.684. The van der Waals surface area contributed by atoms with Crippen molar-refractivity contribution in [1.29, 1.82) is 0 Å². The normalized spacial score (nSPS) is 19.4. The zero-order valence-corrected chi connectivity index (χ0v) is 15.2. The Hall–Kier alpha value is -1.10. The van der Waals surface area contributed by atoms with Crippen LogP contribution >= 0.6 is 0 Å². The van der Waals surface area contributed by atoms with Gasteiger partial charge in [-0.05, 0) is 42.5 Å². The van der Waals surface area contributed by atoms with E-state index in [4.69, 9.17) is 4.74 Å². The first-order chi connectivity index (χ1) is 10.8. The summed E-state index contributed by atoms with van der Waals surface area (Å²) < 4.78 is 5.77. The summed E-state index contributed by atoms with van der Waals surface area (Å²) in [7, 11) is 0. The summed E-state index contributed by atoms with van der Waals surface area (Å²) in [6, 6.07) is 6.24. The lowest BCUT2D eigenvalue weighted by Gasteiger charge is -2.36. The molecule has 0 amide bonds. The van der Waals surface area contributed by atoms with E-state index in [9.17, 15) is 5.11 Å². The first-order valence-corrected chi connectivity index (χ1v) is 8.74. The van der Waals surface area contributed by atoms with Crippen molar-refractivity contribution in [3.05, 3.63) is 29.3 Å². The van der Waals surface area contributed by atoms with E-state index >= 15 is 0 Å². The molecular weight excluding hydrogens is 288 g/mol. The second-order valence-corrected chi connectivity index (χ2v) is 7.41. The van der Waals surface area contributed by atoms with Gasteiger partial charge in [-0.15, -0.1) is 0 Å². The highest BCUT2D eigenvalue weighted by molar-refractivity contribution is 5.42. The number of ether oxygens (including phenoxy) is 1. The summed E-state index contributed by atoms with van der Waals surface area (Å²) in [4.78, 5) is 2.36. The lowest BCUT2D eigenvalue weighted by molar-refractivity contribution is 0.0509. The predicted molar refractivity (Wildman–Crippen MR) is 95.2 cm³/mol. The molecule has 1 aromatic rings. The third kappa shape index (κ3) is 4.46. The Morgan fingerprint density at radius 2 is 1.91 bits per heavy atom. The van der Waals surface area contributed by atoms with Crippen molar-refractivity contribution in [3.8, 4) is 5.75 Å².